The molecule has 0 atom stereocenters. The number of methoxy groups -OCH3 is 2. The maximum atomic E-state index is 11.1. The normalized spacial score (nSPS) is 10.6. The van der Waals surface area contributed by atoms with Gasteiger partial charge in [0.05, 0.1) is 33.6 Å². The molecule has 150 valence electrons. The minimum absolute atomic E-state index is 0.441. The molecular weight excluding hydrogens is 360 g/mol. The summed E-state index contributed by atoms with van der Waals surface area (Å²) < 4.78 is 21.5. The molecule has 0 saturated carbocycles. The Morgan fingerprint density at radius 2 is 1.79 bits per heavy atom. The average molecular weight is 386 g/mol. The lowest BCUT2D eigenvalue weighted by Crippen LogP contribution is -2.16. The zero-order valence-corrected chi connectivity index (χ0v) is 16.7. The van der Waals surface area contributed by atoms with Crippen molar-refractivity contribution in [3.8, 4) is 17.2 Å². The van der Waals surface area contributed by atoms with E-state index in [1.54, 1.807) is 13.2 Å². The quantitative estimate of drug-likeness (QED) is 0.402. The highest BCUT2D eigenvalue weighted by Crippen LogP contribution is 2.30. The Morgan fingerprint density at radius 1 is 1.07 bits per heavy atom. The number of nitrogens with one attached hydrogen (secondary N) is 1. The number of hydrogen-bond acceptors (Lipinski definition) is 6. The van der Waals surface area contributed by atoms with Crippen molar-refractivity contribution in [2.45, 2.75) is 20.3 Å². The lowest BCUT2D eigenvalue weighted by Gasteiger charge is -2.13. The molecule has 0 fully saturated rings. The largest absolute Gasteiger partial charge is 0.493 e. The highest BCUT2D eigenvalue weighted by atomic mass is 16.5. The van der Waals surface area contributed by atoms with E-state index >= 15 is 0 Å². The van der Waals surface area contributed by atoms with Gasteiger partial charge in [0.15, 0.2) is 11.5 Å². The van der Waals surface area contributed by atoms with Gasteiger partial charge < -0.3 is 18.9 Å². The van der Waals surface area contributed by atoms with Crippen molar-refractivity contribution in [3.63, 3.8) is 0 Å². The van der Waals surface area contributed by atoms with Crippen LogP contribution >= 0.6 is 0 Å². The molecule has 0 unspecified atom stereocenters. The molecule has 0 aliphatic rings. The van der Waals surface area contributed by atoms with Crippen LogP contribution in [0.1, 0.15) is 23.1 Å². The highest BCUT2D eigenvalue weighted by molar-refractivity contribution is 5.85. The van der Waals surface area contributed by atoms with E-state index in [0.717, 1.165) is 5.75 Å². The molecular formula is C21H26N2O5. The van der Waals surface area contributed by atoms with Crippen LogP contribution in [0.2, 0.25) is 0 Å². The summed E-state index contributed by atoms with van der Waals surface area (Å²) in [5, 5.41) is 3.84. The van der Waals surface area contributed by atoms with Gasteiger partial charge in [-0.05, 0) is 49.2 Å². The van der Waals surface area contributed by atoms with Gasteiger partial charge in [0.2, 0.25) is 0 Å². The van der Waals surface area contributed by atoms with E-state index < -0.39 is 6.09 Å². The Bertz CT molecular complexity index is 800. The van der Waals surface area contributed by atoms with Crippen molar-refractivity contribution in [2.75, 3.05) is 27.4 Å². The zero-order valence-electron chi connectivity index (χ0n) is 16.7. The van der Waals surface area contributed by atoms with Crippen molar-refractivity contribution in [1.29, 1.82) is 0 Å². The van der Waals surface area contributed by atoms with Gasteiger partial charge in [0, 0.05) is 12.0 Å². The van der Waals surface area contributed by atoms with E-state index in [1.807, 2.05) is 38.1 Å². The topological polar surface area (TPSA) is 78.4 Å². The number of hydrogen-bond donors (Lipinski definition) is 1. The maximum Gasteiger partial charge on any atom is 0.427 e. The lowest BCUT2D eigenvalue weighted by atomic mass is 10.1. The molecule has 0 aliphatic carbocycles. The second kappa shape index (κ2) is 10.8. The van der Waals surface area contributed by atoms with Crippen LogP contribution in [-0.4, -0.2) is 39.7 Å². The maximum absolute atomic E-state index is 11.1. The summed E-state index contributed by atoms with van der Waals surface area (Å²) in [6, 6.07) is 11.6. The van der Waals surface area contributed by atoms with Crippen LogP contribution in [0.25, 0.3) is 0 Å². The molecule has 0 bridgehead atoms. The van der Waals surface area contributed by atoms with Gasteiger partial charge in [-0.2, -0.15) is 5.10 Å². The SMILES string of the molecule is COC(=O)N/N=C/c1cccc(OC)c1OCCCOc1cc(C)cc(C)c1. The molecule has 1 amide bonds. The number of rotatable bonds is 9. The van der Waals surface area contributed by atoms with E-state index in [-0.39, 0.29) is 0 Å². The molecule has 0 radical (unpaired) electrons. The minimum atomic E-state index is -0.648. The van der Waals surface area contributed by atoms with Crippen molar-refractivity contribution >= 4 is 12.3 Å². The smallest absolute Gasteiger partial charge is 0.427 e. The van der Waals surface area contributed by atoms with Crippen molar-refractivity contribution in [1.82, 2.24) is 5.43 Å². The Labute approximate surface area is 165 Å². The second-order valence-electron chi connectivity index (χ2n) is 6.11. The molecule has 0 spiro atoms. The fourth-order valence-corrected chi connectivity index (χ4v) is 2.59. The minimum Gasteiger partial charge on any atom is -0.493 e. The molecule has 0 aliphatic heterocycles. The number of carbonyl (C=O) groups excluding carboxylic acids is 1. The molecule has 28 heavy (non-hydrogen) atoms. The van der Waals surface area contributed by atoms with Crippen molar-refractivity contribution < 1.29 is 23.7 Å². The van der Waals surface area contributed by atoms with E-state index in [2.05, 4.69) is 21.3 Å². The van der Waals surface area contributed by atoms with Gasteiger partial charge in [0.25, 0.3) is 0 Å². The summed E-state index contributed by atoms with van der Waals surface area (Å²) in [7, 11) is 2.84. The molecule has 0 heterocycles. The first-order valence-electron chi connectivity index (χ1n) is 8.91. The van der Waals surface area contributed by atoms with Gasteiger partial charge in [-0.15, -0.1) is 0 Å². The monoisotopic (exact) mass is 386 g/mol. The number of amides is 1. The number of aryl methyl sites for hydroxylation is 2. The highest BCUT2D eigenvalue weighted by Gasteiger charge is 2.09. The fourth-order valence-electron chi connectivity index (χ4n) is 2.59. The van der Waals surface area contributed by atoms with Gasteiger partial charge in [-0.3, -0.25) is 0 Å². The van der Waals surface area contributed by atoms with E-state index in [1.165, 1.54) is 24.5 Å². The Hall–Kier alpha value is -3.22. The standard InChI is InChI=1S/C21H26N2O5/c1-15-11-16(2)13-18(12-15)27-9-6-10-28-20-17(7-5-8-19(20)25-3)14-22-23-21(24)26-4/h5,7-8,11-14H,6,9-10H2,1-4H3,(H,23,24)/b22-14+. The number of nitrogens with zero attached hydrogens (tertiary/aromatic N) is 1. The van der Waals surface area contributed by atoms with Gasteiger partial charge in [0.1, 0.15) is 5.75 Å². The first-order valence-corrected chi connectivity index (χ1v) is 8.91. The molecule has 0 saturated heterocycles. The zero-order chi connectivity index (χ0) is 20.4. The molecule has 7 heteroatoms. The number of carbonyl (C=O) groups is 1. The summed E-state index contributed by atoms with van der Waals surface area (Å²) in [4.78, 5) is 11.1. The Kier molecular flexibility index (Phi) is 8.14. The summed E-state index contributed by atoms with van der Waals surface area (Å²) >= 11 is 0. The predicted molar refractivity (Wildman–Crippen MR) is 108 cm³/mol. The third kappa shape index (κ3) is 6.50. The van der Waals surface area contributed by atoms with Crippen LogP contribution in [0.4, 0.5) is 4.79 Å². The molecule has 1 N–H and O–H groups in total. The van der Waals surface area contributed by atoms with E-state index in [4.69, 9.17) is 14.2 Å². The van der Waals surface area contributed by atoms with Crippen LogP contribution in [0.5, 0.6) is 17.2 Å². The lowest BCUT2D eigenvalue weighted by molar-refractivity contribution is 0.171. The number of ether oxygens (including phenoxy) is 4. The van der Waals surface area contributed by atoms with Crippen molar-refractivity contribution in [2.24, 2.45) is 5.10 Å². The first kappa shape index (κ1) is 21.1. The molecule has 0 aromatic heterocycles. The predicted octanol–water partition coefficient (Wildman–Crippen LogP) is 3.85. The van der Waals surface area contributed by atoms with Crippen LogP contribution in [0.3, 0.4) is 0 Å². The molecule has 2 rings (SSSR count). The summed E-state index contributed by atoms with van der Waals surface area (Å²) in [5.74, 6) is 1.99. The summed E-state index contributed by atoms with van der Waals surface area (Å²) in [6.07, 6.45) is 1.52. The first-order chi connectivity index (χ1) is 13.5. The Morgan fingerprint density at radius 3 is 2.46 bits per heavy atom. The van der Waals surface area contributed by atoms with Gasteiger partial charge in [-0.25, -0.2) is 10.2 Å². The van der Waals surface area contributed by atoms with Crippen molar-refractivity contribution in [3.05, 3.63) is 53.1 Å². The van der Waals surface area contributed by atoms with Crippen LogP contribution in [0.15, 0.2) is 41.5 Å². The van der Waals surface area contributed by atoms with Crippen LogP contribution in [-0.2, 0) is 4.74 Å². The van der Waals surface area contributed by atoms with Gasteiger partial charge in [-0.1, -0.05) is 12.1 Å². The second-order valence-corrected chi connectivity index (χ2v) is 6.11. The van der Waals surface area contributed by atoms with Gasteiger partial charge >= 0.3 is 6.09 Å². The van der Waals surface area contributed by atoms with Crippen LogP contribution < -0.4 is 19.6 Å². The average Bonchev–Trinajstić information content (AvgIpc) is 2.67. The summed E-state index contributed by atoms with van der Waals surface area (Å²) in [5.41, 5.74) is 5.26. The number of para-hydroxylation sites is 1. The summed E-state index contributed by atoms with van der Waals surface area (Å²) in [6.45, 7) is 5.06. The Balaban J connectivity index is 1.92. The van der Waals surface area contributed by atoms with E-state index in [9.17, 15) is 4.79 Å². The number of benzene rings is 2. The molecule has 7 nitrogen and oxygen atoms in total. The number of hydrazone groups is 1. The van der Waals surface area contributed by atoms with Crippen LogP contribution in [0, 0.1) is 13.8 Å². The third-order valence-electron chi connectivity index (χ3n) is 3.77. The van der Waals surface area contributed by atoms with E-state index in [0.29, 0.717) is 36.7 Å². The molecule has 2 aromatic rings. The third-order valence-corrected chi connectivity index (χ3v) is 3.77. The fraction of sp³-hybridized carbons (Fsp3) is 0.333. The molecule has 2 aromatic carbocycles.